The zero-order chi connectivity index (χ0) is 14.9. The summed E-state index contributed by atoms with van der Waals surface area (Å²) in [5.41, 5.74) is 0. The average molecular weight is 368 g/mol. The zero-order valence-corrected chi connectivity index (χ0v) is 19.3. The number of hydrogen-bond acceptors (Lipinski definition) is 1. The summed E-state index contributed by atoms with van der Waals surface area (Å²) in [7, 11) is 0. The normalized spacial score (nSPS) is 10.7. The Labute approximate surface area is 181 Å². The van der Waals surface area contributed by atoms with E-state index in [0.29, 0.717) is 6.42 Å². The van der Waals surface area contributed by atoms with Crippen molar-refractivity contribution in [1.29, 1.82) is 0 Å². The Morgan fingerprint density at radius 3 is 1.67 bits per heavy atom. The molecule has 0 aromatic heterocycles. The van der Waals surface area contributed by atoms with E-state index in [1.165, 1.54) is 70.6 Å². The van der Waals surface area contributed by atoms with Crippen LogP contribution in [0.15, 0.2) is 12.2 Å². The Kier molecular flexibility index (Phi) is 24.3. The van der Waals surface area contributed by atoms with E-state index in [0.717, 1.165) is 12.8 Å². The third-order valence-corrected chi connectivity index (χ3v) is 3.65. The van der Waals surface area contributed by atoms with Crippen LogP contribution in [0.5, 0.6) is 0 Å². The second kappa shape index (κ2) is 21.0. The Morgan fingerprint density at radius 2 is 1.19 bits per heavy atom. The third kappa shape index (κ3) is 23.4. The third-order valence-electron chi connectivity index (χ3n) is 3.65. The van der Waals surface area contributed by atoms with Crippen molar-refractivity contribution in [3.05, 3.63) is 12.2 Å². The fourth-order valence-corrected chi connectivity index (χ4v) is 2.35. The molecular weight excluding hydrogens is 334 g/mol. The number of carbonyl (C=O) groups is 1. The van der Waals surface area contributed by atoms with Gasteiger partial charge in [-0.05, 0) is 32.1 Å². The quantitative estimate of drug-likeness (QED) is 0.296. The van der Waals surface area contributed by atoms with Crippen molar-refractivity contribution in [2.75, 3.05) is 0 Å². The van der Waals surface area contributed by atoms with Gasteiger partial charge in [0.1, 0.15) is 0 Å². The van der Waals surface area contributed by atoms with Crippen molar-refractivity contribution in [3.63, 3.8) is 0 Å². The first kappa shape index (κ1) is 24.3. The van der Waals surface area contributed by atoms with Gasteiger partial charge in [0.05, 0.1) is 0 Å². The van der Waals surface area contributed by atoms with E-state index in [4.69, 9.17) is 5.11 Å². The maximum absolute atomic E-state index is 10.3. The van der Waals surface area contributed by atoms with E-state index in [2.05, 4.69) is 19.1 Å². The zero-order valence-electron chi connectivity index (χ0n) is 14.4. The largest absolute Gasteiger partial charge is 0.481 e. The molecule has 0 unspecified atom stereocenters. The van der Waals surface area contributed by atoms with Gasteiger partial charge in [0.2, 0.25) is 0 Å². The van der Waals surface area contributed by atoms with Gasteiger partial charge in [0.25, 0.3) is 0 Å². The van der Waals surface area contributed by atoms with Crippen molar-refractivity contribution in [1.82, 2.24) is 0 Å². The van der Waals surface area contributed by atoms with Crippen LogP contribution in [0, 0.1) is 0 Å². The number of allylic oxidation sites excluding steroid dienone is 2. The van der Waals surface area contributed by atoms with Gasteiger partial charge in [0, 0.05) is 64.6 Å². The van der Waals surface area contributed by atoms with Crippen LogP contribution < -0.4 is 0 Å². The van der Waals surface area contributed by atoms with Crippen molar-refractivity contribution in [2.45, 2.75) is 96.8 Å². The molecule has 0 aliphatic carbocycles. The van der Waals surface area contributed by atoms with Crippen molar-refractivity contribution in [3.8, 4) is 0 Å². The predicted octanol–water partition coefficient (Wildman–Crippen LogP) is 5.73. The summed E-state index contributed by atoms with van der Waals surface area (Å²) < 4.78 is 0. The minimum atomic E-state index is -0.664. The van der Waals surface area contributed by atoms with Gasteiger partial charge in [-0.15, -0.1) is 0 Å². The Balaban J connectivity index is 0. The van der Waals surface area contributed by atoms with Crippen LogP contribution in [0.4, 0.5) is 0 Å². The Morgan fingerprint density at radius 1 is 0.762 bits per heavy atom. The van der Waals surface area contributed by atoms with Crippen LogP contribution in [0.1, 0.15) is 96.8 Å². The van der Waals surface area contributed by atoms with E-state index < -0.39 is 5.97 Å². The van der Waals surface area contributed by atoms with Gasteiger partial charge < -0.3 is 5.11 Å². The van der Waals surface area contributed by atoms with Gasteiger partial charge in [-0.1, -0.05) is 70.4 Å². The molecule has 0 spiro atoms. The first-order chi connectivity index (χ1) is 9.77. The monoisotopic (exact) mass is 367 g/mol. The van der Waals surface area contributed by atoms with E-state index in [1.54, 1.807) is 0 Å². The van der Waals surface area contributed by atoms with Gasteiger partial charge in [-0.3, -0.25) is 4.79 Å². The molecule has 1 N–H and O–H groups in total. The van der Waals surface area contributed by atoms with Gasteiger partial charge in [-0.2, -0.15) is 0 Å². The molecule has 0 aromatic rings. The fraction of sp³-hybridized carbons (Fsp3) is 0.833. The van der Waals surface area contributed by atoms with Crippen LogP contribution >= 0.6 is 0 Å². The molecular formula is C18H34O2Rb. The molecule has 0 atom stereocenters. The average Bonchev–Trinajstić information content (AvgIpc) is 2.43. The van der Waals surface area contributed by atoms with Crippen LogP contribution in [-0.4, -0.2) is 69.3 Å². The van der Waals surface area contributed by atoms with Crippen LogP contribution in [0.25, 0.3) is 0 Å². The minimum absolute atomic E-state index is 0. The summed E-state index contributed by atoms with van der Waals surface area (Å²) in [5, 5.41) is 8.51. The molecule has 0 saturated carbocycles. The topological polar surface area (TPSA) is 37.3 Å². The first-order valence-electron chi connectivity index (χ1n) is 8.64. The number of carboxylic acid groups (broad SMARTS) is 1. The molecule has 0 saturated heterocycles. The standard InChI is InChI=1S/C18H34O2.Rb/c1-2-3-4-5-6-7-8-9-10-11-12-13-14-15-16-17-18(19)20;/h9-10H,2-8,11-17H2,1H3,(H,19,20);/b10-9-;. The summed E-state index contributed by atoms with van der Waals surface area (Å²) in [6.07, 6.45) is 21.2. The van der Waals surface area contributed by atoms with Crippen LogP contribution in [0.2, 0.25) is 0 Å². The van der Waals surface area contributed by atoms with E-state index >= 15 is 0 Å². The molecule has 0 heterocycles. The summed E-state index contributed by atoms with van der Waals surface area (Å²) in [5.74, 6) is -0.664. The molecule has 119 valence electrons. The van der Waals surface area contributed by atoms with Crippen molar-refractivity contribution < 1.29 is 9.90 Å². The number of aliphatic carboxylic acids is 1. The number of unbranched alkanes of at least 4 members (excludes halogenated alkanes) is 11. The summed E-state index contributed by atoms with van der Waals surface area (Å²) >= 11 is 0. The van der Waals surface area contributed by atoms with Crippen LogP contribution in [0.3, 0.4) is 0 Å². The summed E-state index contributed by atoms with van der Waals surface area (Å²) in [6.45, 7) is 2.26. The maximum atomic E-state index is 10.3. The number of carboxylic acids is 1. The van der Waals surface area contributed by atoms with Gasteiger partial charge in [0.15, 0.2) is 0 Å². The maximum Gasteiger partial charge on any atom is 0.303 e. The minimum Gasteiger partial charge on any atom is -0.481 e. The van der Waals surface area contributed by atoms with Crippen molar-refractivity contribution in [2.24, 2.45) is 0 Å². The number of hydrogen-bond donors (Lipinski definition) is 1. The van der Waals surface area contributed by atoms with E-state index in [-0.39, 0.29) is 58.2 Å². The SMILES string of the molecule is CCCCCCCC/C=C\CCCCCCCC(=O)O.[Rb]. The van der Waals surface area contributed by atoms with Crippen LogP contribution in [-0.2, 0) is 4.79 Å². The first-order valence-corrected chi connectivity index (χ1v) is 8.64. The van der Waals surface area contributed by atoms with E-state index in [1.807, 2.05) is 0 Å². The molecule has 3 heteroatoms. The second-order valence-electron chi connectivity index (χ2n) is 5.73. The molecule has 0 aromatic carbocycles. The molecule has 0 aliphatic rings. The molecule has 21 heavy (non-hydrogen) atoms. The Hall–Kier alpha value is 1.02. The van der Waals surface area contributed by atoms with Crippen molar-refractivity contribution >= 4 is 64.2 Å². The van der Waals surface area contributed by atoms with Gasteiger partial charge >= 0.3 is 5.97 Å². The molecule has 0 aliphatic heterocycles. The predicted molar refractivity (Wildman–Crippen MR) is 92.8 cm³/mol. The molecule has 0 fully saturated rings. The molecule has 0 rings (SSSR count). The second-order valence-corrected chi connectivity index (χ2v) is 5.73. The fourth-order valence-electron chi connectivity index (χ4n) is 2.35. The Bertz CT molecular complexity index is 239. The van der Waals surface area contributed by atoms with Gasteiger partial charge in [-0.25, -0.2) is 0 Å². The van der Waals surface area contributed by atoms with E-state index in [9.17, 15) is 4.79 Å². The molecule has 0 bridgehead atoms. The molecule has 0 amide bonds. The summed E-state index contributed by atoms with van der Waals surface area (Å²) in [4.78, 5) is 10.3. The molecule has 2 nitrogen and oxygen atoms in total. The summed E-state index contributed by atoms with van der Waals surface area (Å²) in [6, 6.07) is 0. The molecule has 1 radical (unpaired) electrons. The number of rotatable bonds is 15. The smallest absolute Gasteiger partial charge is 0.303 e.